The first kappa shape index (κ1) is 12.8. The molecule has 0 fully saturated rings. The molecule has 0 bridgehead atoms. The Bertz CT molecular complexity index is 483. The average Bonchev–Trinajstić information content (AvgIpc) is 2.89. The zero-order valence-electron chi connectivity index (χ0n) is 11.3. The minimum absolute atomic E-state index is 0.666. The van der Waals surface area contributed by atoms with E-state index >= 15 is 0 Å². The van der Waals surface area contributed by atoms with Gasteiger partial charge < -0.3 is 5.32 Å². The lowest BCUT2D eigenvalue weighted by atomic mass is 10.2. The first-order valence-corrected chi connectivity index (χ1v) is 6.34. The van der Waals surface area contributed by atoms with Crippen molar-refractivity contribution in [2.45, 2.75) is 26.9 Å². The summed E-state index contributed by atoms with van der Waals surface area (Å²) in [6.45, 7) is 7.08. The molecule has 0 spiro atoms. The number of aryl methyl sites for hydroxylation is 1. The topological polar surface area (TPSA) is 47.7 Å². The van der Waals surface area contributed by atoms with E-state index in [0.29, 0.717) is 5.92 Å². The van der Waals surface area contributed by atoms with Crippen molar-refractivity contribution in [2.75, 3.05) is 6.54 Å². The third kappa shape index (κ3) is 3.43. The molecule has 1 N–H and O–H groups in total. The fraction of sp³-hybridized carbons (Fsp3) is 0.538. The van der Waals surface area contributed by atoms with Crippen LogP contribution in [0.25, 0.3) is 0 Å². The molecule has 0 atom stereocenters. The van der Waals surface area contributed by atoms with Gasteiger partial charge in [0.25, 0.3) is 0 Å². The zero-order valence-corrected chi connectivity index (χ0v) is 11.3. The predicted octanol–water partition coefficient (Wildman–Crippen LogP) is 1.41. The summed E-state index contributed by atoms with van der Waals surface area (Å²) in [7, 11) is 1.93. The lowest BCUT2D eigenvalue weighted by Gasteiger charge is -2.09. The second kappa shape index (κ2) is 5.82. The van der Waals surface area contributed by atoms with E-state index in [1.807, 2.05) is 35.0 Å². The van der Waals surface area contributed by atoms with Gasteiger partial charge in [0.1, 0.15) is 0 Å². The largest absolute Gasteiger partial charge is 0.311 e. The maximum atomic E-state index is 4.36. The lowest BCUT2D eigenvalue weighted by molar-refractivity contribution is 0.529. The molecule has 98 valence electrons. The Morgan fingerprint density at radius 2 is 2.17 bits per heavy atom. The van der Waals surface area contributed by atoms with Gasteiger partial charge in [-0.05, 0) is 18.5 Å². The van der Waals surface area contributed by atoms with Crippen LogP contribution in [0.3, 0.4) is 0 Å². The van der Waals surface area contributed by atoms with Crippen LogP contribution in [0.5, 0.6) is 0 Å². The minimum atomic E-state index is 0.666. The normalized spacial score (nSPS) is 11.3. The van der Waals surface area contributed by atoms with Gasteiger partial charge in [0, 0.05) is 31.5 Å². The van der Waals surface area contributed by atoms with Crippen molar-refractivity contribution in [1.29, 1.82) is 0 Å². The van der Waals surface area contributed by atoms with Crippen LogP contribution >= 0.6 is 0 Å². The van der Waals surface area contributed by atoms with Crippen LogP contribution in [0.4, 0.5) is 0 Å². The Morgan fingerprint density at radius 3 is 2.83 bits per heavy atom. The Morgan fingerprint density at radius 1 is 1.33 bits per heavy atom. The van der Waals surface area contributed by atoms with Crippen LogP contribution in [-0.2, 0) is 20.1 Å². The van der Waals surface area contributed by atoms with E-state index < -0.39 is 0 Å². The first-order valence-electron chi connectivity index (χ1n) is 6.34. The summed E-state index contributed by atoms with van der Waals surface area (Å²) >= 11 is 0. The van der Waals surface area contributed by atoms with Crippen molar-refractivity contribution in [2.24, 2.45) is 13.0 Å². The van der Waals surface area contributed by atoms with E-state index in [9.17, 15) is 0 Å². The summed E-state index contributed by atoms with van der Waals surface area (Å²) in [6, 6.07) is 2.06. The Labute approximate surface area is 108 Å². The molecule has 0 unspecified atom stereocenters. The fourth-order valence-electron chi connectivity index (χ4n) is 1.87. The molecule has 0 aromatic carbocycles. The van der Waals surface area contributed by atoms with Gasteiger partial charge in [0.15, 0.2) is 0 Å². The van der Waals surface area contributed by atoms with Gasteiger partial charge >= 0.3 is 0 Å². The summed E-state index contributed by atoms with van der Waals surface area (Å²) in [5.74, 6) is 0.666. The molecule has 0 aliphatic rings. The van der Waals surface area contributed by atoms with E-state index in [1.54, 1.807) is 0 Å². The van der Waals surface area contributed by atoms with E-state index in [-0.39, 0.29) is 0 Å². The van der Waals surface area contributed by atoms with Crippen LogP contribution in [0, 0.1) is 5.92 Å². The Balaban J connectivity index is 1.95. The third-order valence-electron chi connectivity index (χ3n) is 2.75. The summed E-state index contributed by atoms with van der Waals surface area (Å²) < 4.78 is 3.83. The highest BCUT2D eigenvalue weighted by Gasteiger charge is 2.04. The molecule has 0 amide bonds. The SMILES string of the molecule is CC(C)CNCc1ccnn1Cc1cnn(C)c1. The number of hydrogen-bond acceptors (Lipinski definition) is 3. The molecule has 0 radical (unpaired) electrons. The van der Waals surface area contributed by atoms with Gasteiger partial charge in [-0.3, -0.25) is 9.36 Å². The van der Waals surface area contributed by atoms with Crippen molar-refractivity contribution < 1.29 is 0 Å². The third-order valence-corrected chi connectivity index (χ3v) is 2.75. The van der Waals surface area contributed by atoms with Gasteiger partial charge in [-0.25, -0.2) is 0 Å². The van der Waals surface area contributed by atoms with E-state index in [4.69, 9.17) is 0 Å². The quantitative estimate of drug-likeness (QED) is 0.839. The Hall–Kier alpha value is -1.62. The molecule has 0 aliphatic heterocycles. The van der Waals surface area contributed by atoms with E-state index in [1.165, 1.54) is 11.3 Å². The number of nitrogens with zero attached hydrogens (tertiary/aromatic N) is 4. The van der Waals surface area contributed by atoms with Gasteiger partial charge in [-0.1, -0.05) is 13.8 Å². The summed E-state index contributed by atoms with van der Waals surface area (Å²) in [5.41, 5.74) is 2.38. The number of rotatable bonds is 6. The summed E-state index contributed by atoms with van der Waals surface area (Å²) in [4.78, 5) is 0. The molecule has 0 saturated heterocycles. The fourth-order valence-corrected chi connectivity index (χ4v) is 1.87. The molecule has 2 aromatic heterocycles. The first-order chi connectivity index (χ1) is 8.65. The molecule has 2 rings (SSSR count). The van der Waals surface area contributed by atoms with Crippen LogP contribution < -0.4 is 5.32 Å². The van der Waals surface area contributed by atoms with Gasteiger partial charge in [0.2, 0.25) is 0 Å². The van der Waals surface area contributed by atoms with E-state index in [2.05, 4.69) is 35.4 Å². The van der Waals surface area contributed by atoms with Crippen LogP contribution in [0.15, 0.2) is 24.7 Å². The highest BCUT2D eigenvalue weighted by Crippen LogP contribution is 2.04. The van der Waals surface area contributed by atoms with Crippen molar-refractivity contribution in [1.82, 2.24) is 24.9 Å². The van der Waals surface area contributed by atoms with Gasteiger partial charge in [0.05, 0.1) is 18.4 Å². The molecule has 18 heavy (non-hydrogen) atoms. The smallest absolute Gasteiger partial charge is 0.0693 e. The highest BCUT2D eigenvalue weighted by molar-refractivity contribution is 5.08. The summed E-state index contributed by atoms with van der Waals surface area (Å²) in [6.07, 6.45) is 5.75. The predicted molar refractivity (Wildman–Crippen MR) is 71.1 cm³/mol. The van der Waals surface area contributed by atoms with Crippen molar-refractivity contribution >= 4 is 0 Å². The molecule has 2 aromatic rings. The van der Waals surface area contributed by atoms with Gasteiger partial charge in [-0.15, -0.1) is 0 Å². The highest BCUT2D eigenvalue weighted by atomic mass is 15.3. The Kier molecular flexibility index (Phi) is 4.15. The molecule has 5 nitrogen and oxygen atoms in total. The molecule has 2 heterocycles. The van der Waals surface area contributed by atoms with Gasteiger partial charge in [-0.2, -0.15) is 10.2 Å². The maximum absolute atomic E-state index is 4.36. The standard InChI is InChI=1S/C13H21N5/c1-11(2)6-14-8-13-4-5-15-18(13)10-12-7-16-17(3)9-12/h4-5,7,9,11,14H,6,8,10H2,1-3H3. The zero-order chi connectivity index (χ0) is 13.0. The second-order valence-corrected chi connectivity index (χ2v) is 5.03. The van der Waals surface area contributed by atoms with Crippen LogP contribution in [-0.4, -0.2) is 26.1 Å². The number of aromatic nitrogens is 4. The maximum Gasteiger partial charge on any atom is 0.0693 e. The molecular weight excluding hydrogens is 226 g/mol. The van der Waals surface area contributed by atoms with Crippen LogP contribution in [0.2, 0.25) is 0 Å². The molecular formula is C13H21N5. The summed E-state index contributed by atoms with van der Waals surface area (Å²) in [5, 5.41) is 12.0. The number of hydrogen-bond donors (Lipinski definition) is 1. The van der Waals surface area contributed by atoms with Crippen molar-refractivity contribution in [3.63, 3.8) is 0 Å². The average molecular weight is 247 g/mol. The van der Waals surface area contributed by atoms with Crippen molar-refractivity contribution in [3.05, 3.63) is 35.9 Å². The van der Waals surface area contributed by atoms with E-state index in [0.717, 1.165) is 19.6 Å². The van der Waals surface area contributed by atoms with Crippen LogP contribution in [0.1, 0.15) is 25.1 Å². The lowest BCUT2D eigenvalue weighted by Crippen LogP contribution is -2.21. The molecule has 5 heteroatoms. The minimum Gasteiger partial charge on any atom is -0.311 e. The molecule has 0 aliphatic carbocycles. The molecule has 0 saturated carbocycles. The van der Waals surface area contributed by atoms with Crippen molar-refractivity contribution in [3.8, 4) is 0 Å². The number of nitrogens with one attached hydrogen (secondary N) is 1. The second-order valence-electron chi connectivity index (χ2n) is 5.03. The monoisotopic (exact) mass is 247 g/mol.